The van der Waals surface area contributed by atoms with Crippen LogP contribution in [0.5, 0.6) is 5.75 Å². The second kappa shape index (κ2) is 7.21. The average molecular weight is 298 g/mol. The summed E-state index contributed by atoms with van der Waals surface area (Å²) in [5.74, 6) is 0.264. The highest BCUT2D eigenvalue weighted by molar-refractivity contribution is 6.25. The molecule has 0 saturated carbocycles. The van der Waals surface area contributed by atoms with E-state index in [1.165, 1.54) is 11.1 Å². The largest absolute Gasteiger partial charge is 0.489 e. The molecule has 1 aliphatic rings. The van der Waals surface area contributed by atoms with Gasteiger partial charge in [0.2, 0.25) is 0 Å². The summed E-state index contributed by atoms with van der Waals surface area (Å²) in [6.45, 7) is 6.68. The number of ketones is 2. The molecule has 1 aromatic carbocycles. The number of allylic oxidation sites excluding steroid dienone is 3. The highest BCUT2D eigenvalue weighted by Gasteiger charge is 2.30. The van der Waals surface area contributed by atoms with Crippen molar-refractivity contribution in [3.05, 3.63) is 52.6 Å². The van der Waals surface area contributed by atoms with Crippen LogP contribution in [0, 0.1) is 0 Å². The number of hydrogen-bond acceptors (Lipinski definition) is 3. The van der Waals surface area contributed by atoms with Gasteiger partial charge in [0.1, 0.15) is 12.4 Å². The summed E-state index contributed by atoms with van der Waals surface area (Å²) >= 11 is 0. The molecule has 0 aliphatic heterocycles. The zero-order chi connectivity index (χ0) is 16.1. The normalized spacial score (nSPS) is 14.0. The van der Waals surface area contributed by atoms with E-state index in [0.717, 1.165) is 12.8 Å². The first-order chi connectivity index (χ1) is 10.5. The minimum atomic E-state index is -0.139. The molecule has 0 N–H and O–H groups in total. The molecule has 0 saturated heterocycles. The maximum absolute atomic E-state index is 11.9. The Morgan fingerprint density at radius 2 is 1.91 bits per heavy atom. The van der Waals surface area contributed by atoms with E-state index in [9.17, 15) is 9.59 Å². The Kier molecular flexibility index (Phi) is 5.31. The fraction of sp³-hybridized carbons (Fsp3) is 0.368. The quantitative estimate of drug-likeness (QED) is 0.572. The molecule has 0 aromatic heterocycles. The van der Waals surface area contributed by atoms with E-state index in [4.69, 9.17) is 4.74 Å². The van der Waals surface area contributed by atoms with Crippen LogP contribution in [0.3, 0.4) is 0 Å². The Hall–Kier alpha value is -2.16. The predicted octanol–water partition coefficient (Wildman–Crippen LogP) is 4.53. The second-order valence-corrected chi connectivity index (χ2v) is 5.88. The molecule has 0 radical (unpaired) electrons. The van der Waals surface area contributed by atoms with Crippen molar-refractivity contribution in [2.24, 2.45) is 0 Å². The van der Waals surface area contributed by atoms with Crippen LogP contribution < -0.4 is 4.74 Å². The van der Waals surface area contributed by atoms with Crippen molar-refractivity contribution in [2.75, 3.05) is 6.61 Å². The van der Waals surface area contributed by atoms with Gasteiger partial charge in [0.15, 0.2) is 11.6 Å². The minimum absolute atomic E-state index is 0.0344. The Labute approximate surface area is 131 Å². The van der Waals surface area contributed by atoms with E-state index in [0.29, 0.717) is 23.5 Å². The van der Waals surface area contributed by atoms with Gasteiger partial charge in [0.25, 0.3) is 0 Å². The van der Waals surface area contributed by atoms with Gasteiger partial charge >= 0.3 is 0 Å². The smallest absolute Gasteiger partial charge is 0.175 e. The van der Waals surface area contributed by atoms with Crippen LogP contribution in [0.25, 0.3) is 0 Å². The maximum Gasteiger partial charge on any atom is 0.175 e. The molecule has 116 valence electrons. The van der Waals surface area contributed by atoms with Crippen LogP contribution in [0.1, 0.15) is 60.7 Å². The molecule has 22 heavy (non-hydrogen) atoms. The Morgan fingerprint density at radius 3 is 2.64 bits per heavy atom. The van der Waals surface area contributed by atoms with Gasteiger partial charge in [0.05, 0.1) is 12.0 Å². The van der Waals surface area contributed by atoms with Crippen molar-refractivity contribution in [2.45, 2.75) is 40.0 Å². The van der Waals surface area contributed by atoms with E-state index in [1.807, 2.05) is 6.08 Å². The van der Waals surface area contributed by atoms with E-state index >= 15 is 0 Å². The first-order valence-corrected chi connectivity index (χ1v) is 7.60. The molecular weight excluding hydrogens is 276 g/mol. The fourth-order valence-electron chi connectivity index (χ4n) is 2.47. The number of rotatable bonds is 6. The maximum atomic E-state index is 11.9. The Morgan fingerprint density at radius 1 is 1.14 bits per heavy atom. The third-order valence-electron chi connectivity index (χ3n) is 3.69. The van der Waals surface area contributed by atoms with E-state index in [2.05, 4.69) is 26.8 Å². The van der Waals surface area contributed by atoms with Gasteiger partial charge in [-0.2, -0.15) is 0 Å². The molecule has 0 fully saturated rings. The number of hydrogen-bond donors (Lipinski definition) is 0. The molecule has 0 unspecified atom stereocenters. The van der Waals surface area contributed by atoms with Crippen LogP contribution in [0.4, 0.5) is 0 Å². The Bertz CT molecular complexity index is 647. The van der Waals surface area contributed by atoms with Crippen LogP contribution >= 0.6 is 0 Å². The number of carbonyl (C=O) groups is 2. The summed E-state index contributed by atoms with van der Waals surface area (Å²) < 4.78 is 5.70. The van der Waals surface area contributed by atoms with E-state index in [1.54, 1.807) is 18.2 Å². The molecule has 0 bridgehead atoms. The molecule has 0 heterocycles. The van der Waals surface area contributed by atoms with Gasteiger partial charge in [0, 0.05) is 5.56 Å². The van der Waals surface area contributed by atoms with E-state index in [-0.39, 0.29) is 18.0 Å². The number of benzene rings is 1. The number of ether oxygens (including phenoxy) is 1. The van der Waals surface area contributed by atoms with Gasteiger partial charge in [-0.25, -0.2) is 0 Å². The van der Waals surface area contributed by atoms with Gasteiger partial charge in [-0.1, -0.05) is 29.4 Å². The SMILES string of the molecule is CC(C)=CCC/C(C)=C/COc1cccc2c1C(=O)CC2=O. The van der Waals surface area contributed by atoms with Crippen LogP contribution in [-0.2, 0) is 0 Å². The topological polar surface area (TPSA) is 43.4 Å². The highest BCUT2D eigenvalue weighted by Crippen LogP contribution is 2.30. The summed E-state index contributed by atoms with van der Waals surface area (Å²) in [5, 5.41) is 0. The standard InChI is InChI=1S/C19H22O3/c1-13(2)6-4-7-14(3)10-11-22-18-9-5-8-15-16(20)12-17(21)19(15)18/h5-6,8-10H,4,7,11-12H2,1-3H3/b14-10+. The van der Waals surface area contributed by atoms with Crippen molar-refractivity contribution < 1.29 is 14.3 Å². The fourth-order valence-corrected chi connectivity index (χ4v) is 2.47. The minimum Gasteiger partial charge on any atom is -0.489 e. The van der Waals surface area contributed by atoms with Gasteiger partial charge in [-0.3, -0.25) is 9.59 Å². The molecule has 1 aromatic rings. The molecule has 0 spiro atoms. The third kappa shape index (κ3) is 3.94. The van der Waals surface area contributed by atoms with Crippen LogP contribution in [0.2, 0.25) is 0 Å². The second-order valence-electron chi connectivity index (χ2n) is 5.88. The molecule has 2 rings (SSSR count). The lowest BCUT2D eigenvalue weighted by atomic mass is 10.1. The number of carbonyl (C=O) groups excluding carboxylic acids is 2. The zero-order valence-corrected chi connectivity index (χ0v) is 13.4. The Balaban J connectivity index is 1.97. The molecule has 0 amide bonds. The third-order valence-corrected chi connectivity index (χ3v) is 3.69. The van der Waals surface area contributed by atoms with Crippen molar-refractivity contribution in [3.63, 3.8) is 0 Å². The van der Waals surface area contributed by atoms with Crippen LogP contribution in [-0.4, -0.2) is 18.2 Å². The van der Waals surface area contributed by atoms with E-state index < -0.39 is 0 Å². The molecule has 3 nitrogen and oxygen atoms in total. The van der Waals surface area contributed by atoms with Gasteiger partial charge in [-0.05, 0) is 45.8 Å². The van der Waals surface area contributed by atoms with Crippen molar-refractivity contribution in [1.29, 1.82) is 0 Å². The van der Waals surface area contributed by atoms with Gasteiger partial charge in [-0.15, -0.1) is 0 Å². The molecule has 1 aliphatic carbocycles. The van der Waals surface area contributed by atoms with Gasteiger partial charge < -0.3 is 4.74 Å². The lowest BCUT2D eigenvalue weighted by Crippen LogP contribution is -2.01. The van der Waals surface area contributed by atoms with Crippen molar-refractivity contribution >= 4 is 11.6 Å². The van der Waals surface area contributed by atoms with Crippen molar-refractivity contribution in [1.82, 2.24) is 0 Å². The lowest BCUT2D eigenvalue weighted by molar-refractivity contribution is 0.0922. The highest BCUT2D eigenvalue weighted by atomic mass is 16.5. The monoisotopic (exact) mass is 298 g/mol. The average Bonchev–Trinajstić information content (AvgIpc) is 2.74. The summed E-state index contributed by atoms with van der Waals surface area (Å²) in [4.78, 5) is 23.6. The predicted molar refractivity (Wildman–Crippen MR) is 87.6 cm³/mol. The first kappa shape index (κ1) is 16.2. The molecular formula is C19H22O3. The summed E-state index contributed by atoms with van der Waals surface area (Å²) in [6.07, 6.45) is 6.23. The first-order valence-electron chi connectivity index (χ1n) is 7.60. The zero-order valence-electron chi connectivity index (χ0n) is 13.4. The van der Waals surface area contributed by atoms with Crippen LogP contribution in [0.15, 0.2) is 41.5 Å². The number of fused-ring (bicyclic) bond motifs is 1. The number of Topliss-reactive ketones (excluding diaryl/α,β-unsaturated/α-hetero) is 2. The summed E-state index contributed by atoms with van der Waals surface area (Å²) in [5.41, 5.74) is 3.52. The molecule has 0 atom stereocenters. The lowest BCUT2D eigenvalue weighted by Gasteiger charge is -2.08. The van der Waals surface area contributed by atoms with Crippen molar-refractivity contribution in [3.8, 4) is 5.75 Å². The molecule has 3 heteroatoms. The summed E-state index contributed by atoms with van der Waals surface area (Å²) in [7, 11) is 0. The summed E-state index contributed by atoms with van der Waals surface area (Å²) in [6, 6.07) is 5.20.